The second kappa shape index (κ2) is 10.8. The Kier molecular flexibility index (Phi) is 7.07. The predicted octanol–water partition coefficient (Wildman–Crippen LogP) is 5.20. The maximum absolute atomic E-state index is 13.5. The highest BCUT2D eigenvalue weighted by Gasteiger charge is 2.38. The number of carbonyl (C=O) groups excluding carboxylic acids is 1. The number of fused-ring (bicyclic) bond motifs is 1. The molecule has 206 valence electrons. The Morgan fingerprint density at radius 3 is 2.58 bits per heavy atom. The number of alkyl halides is 3. The SMILES string of the molecule is O=C1Cc2ccccc2C(c2ccccc2)=N[C@@H]1Nc1nnc(-c2nc(C(F)(F)F)sc2N[C@@H]2CCCOC2)o1. The second-order valence-corrected chi connectivity index (χ2v) is 10.4. The van der Waals surface area contributed by atoms with Gasteiger partial charge in [0.05, 0.1) is 18.4 Å². The van der Waals surface area contributed by atoms with Crippen molar-refractivity contribution in [2.45, 2.75) is 37.6 Å². The lowest BCUT2D eigenvalue weighted by Gasteiger charge is -2.23. The molecule has 0 aliphatic carbocycles. The normalized spacial score (nSPS) is 19.5. The molecule has 0 amide bonds. The van der Waals surface area contributed by atoms with Crippen LogP contribution < -0.4 is 10.6 Å². The molecule has 0 bridgehead atoms. The molecule has 0 spiro atoms. The Hall–Kier alpha value is -4.10. The number of ketones is 1. The van der Waals surface area contributed by atoms with Crippen LogP contribution in [-0.2, 0) is 22.1 Å². The van der Waals surface area contributed by atoms with Gasteiger partial charge in [0.25, 0.3) is 5.89 Å². The number of benzene rings is 2. The van der Waals surface area contributed by atoms with Gasteiger partial charge in [-0.3, -0.25) is 9.79 Å². The first-order valence-corrected chi connectivity index (χ1v) is 13.4. The number of ether oxygens (including phenoxy) is 1. The van der Waals surface area contributed by atoms with Gasteiger partial charge in [0.2, 0.25) is 5.01 Å². The molecule has 13 heteroatoms. The van der Waals surface area contributed by atoms with E-state index in [-0.39, 0.29) is 40.8 Å². The van der Waals surface area contributed by atoms with Gasteiger partial charge in [-0.25, -0.2) is 4.98 Å². The van der Waals surface area contributed by atoms with E-state index in [4.69, 9.17) is 14.1 Å². The van der Waals surface area contributed by atoms with Crippen molar-refractivity contribution >= 4 is 33.8 Å². The van der Waals surface area contributed by atoms with Crippen LogP contribution in [0.15, 0.2) is 64.0 Å². The van der Waals surface area contributed by atoms with E-state index in [2.05, 4.69) is 25.8 Å². The molecule has 2 aliphatic rings. The van der Waals surface area contributed by atoms with Crippen LogP contribution in [0.4, 0.5) is 24.2 Å². The molecule has 4 heterocycles. The molecule has 0 saturated carbocycles. The first-order valence-electron chi connectivity index (χ1n) is 12.6. The molecule has 2 aliphatic heterocycles. The van der Waals surface area contributed by atoms with Gasteiger partial charge in [-0.1, -0.05) is 71.0 Å². The topological polar surface area (TPSA) is 115 Å². The third kappa shape index (κ3) is 5.47. The van der Waals surface area contributed by atoms with Crippen LogP contribution in [0.3, 0.4) is 0 Å². The number of carbonyl (C=O) groups is 1. The largest absolute Gasteiger partial charge is 0.443 e. The Morgan fingerprint density at radius 2 is 1.80 bits per heavy atom. The van der Waals surface area contributed by atoms with E-state index in [9.17, 15) is 18.0 Å². The fourth-order valence-corrected chi connectivity index (χ4v) is 5.52. The van der Waals surface area contributed by atoms with Gasteiger partial charge in [-0.15, -0.1) is 5.10 Å². The molecule has 2 N–H and O–H groups in total. The van der Waals surface area contributed by atoms with Crippen molar-refractivity contribution in [2.24, 2.45) is 4.99 Å². The Morgan fingerprint density at radius 1 is 1.00 bits per heavy atom. The smallest absolute Gasteiger partial charge is 0.402 e. The number of thiazole rings is 1. The van der Waals surface area contributed by atoms with Gasteiger partial charge in [0.15, 0.2) is 17.6 Å². The Bertz CT molecular complexity index is 1550. The van der Waals surface area contributed by atoms with Crippen LogP contribution in [0, 0.1) is 0 Å². The maximum Gasteiger partial charge on any atom is 0.443 e. The summed E-state index contributed by atoms with van der Waals surface area (Å²) < 4.78 is 51.7. The van der Waals surface area contributed by atoms with E-state index >= 15 is 0 Å². The van der Waals surface area contributed by atoms with E-state index in [1.54, 1.807) is 0 Å². The number of hydrogen-bond donors (Lipinski definition) is 2. The highest BCUT2D eigenvalue weighted by atomic mass is 32.1. The fraction of sp³-hybridized carbons (Fsp3) is 0.296. The minimum Gasteiger partial charge on any atom is -0.402 e. The zero-order valence-electron chi connectivity index (χ0n) is 20.9. The standard InChI is InChI=1S/C27H23F3N6O3S/c28-27(29,30)25-33-21(24(40-25)31-17-10-6-12-38-14-17)23-35-36-26(39-23)34-22-19(37)13-16-9-4-5-11-18(16)20(32-22)15-7-2-1-3-8-15/h1-5,7-9,11,17,22,31H,6,10,12-14H2,(H,34,36)/t17-,22-/m1/s1. The predicted molar refractivity (Wildman–Crippen MR) is 143 cm³/mol. The van der Waals surface area contributed by atoms with Crippen LogP contribution >= 0.6 is 11.3 Å². The van der Waals surface area contributed by atoms with E-state index in [1.807, 2.05) is 54.6 Å². The molecule has 0 unspecified atom stereocenters. The van der Waals surface area contributed by atoms with Crippen molar-refractivity contribution in [3.63, 3.8) is 0 Å². The van der Waals surface area contributed by atoms with Crippen molar-refractivity contribution in [1.82, 2.24) is 15.2 Å². The number of hydrogen-bond acceptors (Lipinski definition) is 10. The second-order valence-electron chi connectivity index (χ2n) is 9.36. The van der Waals surface area contributed by atoms with Crippen LogP contribution in [0.2, 0.25) is 0 Å². The Balaban J connectivity index is 1.31. The minimum absolute atomic E-state index is 0.114. The molecule has 9 nitrogen and oxygen atoms in total. The monoisotopic (exact) mass is 568 g/mol. The number of rotatable bonds is 6. The molecular weight excluding hydrogens is 545 g/mol. The molecule has 2 atom stereocenters. The third-order valence-electron chi connectivity index (χ3n) is 6.50. The summed E-state index contributed by atoms with van der Waals surface area (Å²) in [5, 5.41) is 12.9. The molecule has 40 heavy (non-hydrogen) atoms. The average Bonchev–Trinajstić information content (AvgIpc) is 3.56. The summed E-state index contributed by atoms with van der Waals surface area (Å²) in [6.07, 6.45) is -4.06. The summed E-state index contributed by atoms with van der Waals surface area (Å²) in [5.74, 6) is -0.448. The van der Waals surface area contributed by atoms with E-state index in [0.717, 1.165) is 29.5 Å². The summed E-state index contributed by atoms with van der Waals surface area (Å²) in [5.41, 5.74) is 3.00. The lowest BCUT2D eigenvalue weighted by atomic mass is 9.96. The number of Topliss-reactive ketones (excluding diaryl/α,β-unsaturated/α-hetero) is 1. The summed E-state index contributed by atoms with van der Waals surface area (Å²) in [7, 11) is 0. The van der Waals surface area contributed by atoms with Gasteiger partial charge in [0.1, 0.15) is 5.00 Å². The zero-order valence-corrected chi connectivity index (χ0v) is 21.8. The average molecular weight is 569 g/mol. The van der Waals surface area contributed by atoms with Crippen molar-refractivity contribution in [1.29, 1.82) is 0 Å². The van der Waals surface area contributed by atoms with Gasteiger partial charge >= 0.3 is 12.2 Å². The highest BCUT2D eigenvalue weighted by Crippen LogP contribution is 2.41. The van der Waals surface area contributed by atoms with Crippen molar-refractivity contribution in [2.75, 3.05) is 23.8 Å². The summed E-state index contributed by atoms with van der Waals surface area (Å²) in [6.45, 7) is 0.975. The maximum atomic E-state index is 13.5. The fourth-order valence-electron chi connectivity index (χ4n) is 4.62. The Labute approximate surface area is 230 Å². The molecular formula is C27H23F3N6O3S. The number of aromatic nitrogens is 3. The van der Waals surface area contributed by atoms with Crippen LogP contribution in [0.25, 0.3) is 11.6 Å². The highest BCUT2D eigenvalue weighted by molar-refractivity contribution is 7.16. The van der Waals surface area contributed by atoms with Crippen LogP contribution in [0.5, 0.6) is 0 Å². The number of halogens is 3. The van der Waals surface area contributed by atoms with Gasteiger partial charge < -0.3 is 19.8 Å². The first kappa shape index (κ1) is 26.1. The summed E-state index contributed by atoms with van der Waals surface area (Å²) in [4.78, 5) is 21.7. The quantitative estimate of drug-likeness (QED) is 0.326. The molecule has 6 rings (SSSR count). The number of nitrogens with one attached hydrogen (secondary N) is 2. The summed E-state index contributed by atoms with van der Waals surface area (Å²) in [6, 6.07) is 16.7. The van der Waals surface area contributed by atoms with Gasteiger partial charge in [0, 0.05) is 24.2 Å². The van der Waals surface area contributed by atoms with Crippen molar-refractivity contribution in [3.05, 3.63) is 76.3 Å². The lowest BCUT2D eigenvalue weighted by molar-refractivity contribution is -0.137. The molecule has 2 aromatic carbocycles. The number of nitrogens with zero attached hydrogens (tertiary/aromatic N) is 4. The van der Waals surface area contributed by atoms with E-state index < -0.39 is 17.3 Å². The van der Waals surface area contributed by atoms with Crippen molar-refractivity contribution < 1.29 is 27.1 Å². The molecule has 1 saturated heterocycles. The molecule has 4 aromatic rings. The molecule has 2 aromatic heterocycles. The van der Waals surface area contributed by atoms with E-state index in [1.165, 1.54) is 0 Å². The molecule has 1 fully saturated rings. The van der Waals surface area contributed by atoms with Gasteiger partial charge in [-0.05, 0) is 18.4 Å². The first-order chi connectivity index (χ1) is 19.3. The zero-order chi connectivity index (χ0) is 27.7. The van der Waals surface area contributed by atoms with Crippen molar-refractivity contribution in [3.8, 4) is 11.6 Å². The number of aliphatic imine (C=N–C) groups is 1. The summed E-state index contributed by atoms with van der Waals surface area (Å²) >= 11 is 0.467. The van der Waals surface area contributed by atoms with Crippen LogP contribution in [0.1, 0.15) is 34.5 Å². The molecule has 0 radical (unpaired) electrons. The van der Waals surface area contributed by atoms with Crippen LogP contribution in [-0.4, -0.2) is 52.1 Å². The van der Waals surface area contributed by atoms with Gasteiger partial charge in [-0.2, -0.15) is 13.2 Å². The van der Waals surface area contributed by atoms with E-state index in [0.29, 0.717) is 30.3 Å². The number of anilines is 2. The third-order valence-corrected chi connectivity index (χ3v) is 7.53. The minimum atomic E-state index is -4.65. The lowest BCUT2D eigenvalue weighted by Crippen LogP contribution is -2.29.